The van der Waals surface area contributed by atoms with E-state index in [4.69, 9.17) is 24.7 Å². The molecule has 0 radical (unpaired) electrons. The standard InChI is InChI=1S/C20H14I2N2O4/c1-2-3-25-19-13(21)4-10(5-14(19)22)18-11-6-16-17(27-9-26-16)7-15(11)28-20(24)12(18)8-23/h2,4-7,18H,1,3,9,24H2/t18-/m0/s1. The van der Waals surface area contributed by atoms with Gasteiger partial charge in [0.2, 0.25) is 12.7 Å². The average molecular weight is 600 g/mol. The summed E-state index contributed by atoms with van der Waals surface area (Å²) in [6, 6.07) is 9.81. The summed E-state index contributed by atoms with van der Waals surface area (Å²) in [6.45, 7) is 4.26. The molecule has 0 unspecified atom stereocenters. The van der Waals surface area contributed by atoms with Gasteiger partial charge in [-0.15, -0.1) is 0 Å². The van der Waals surface area contributed by atoms with Crippen LogP contribution >= 0.6 is 45.2 Å². The molecule has 0 aliphatic carbocycles. The lowest BCUT2D eigenvalue weighted by Crippen LogP contribution is -2.21. The Morgan fingerprint density at radius 3 is 2.50 bits per heavy atom. The van der Waals surface area contributed by atoms with Crippen LogP contribution in [0.5, 0.6) is 23.0 Å². The maximum Gasteiger partial charge on any atom is 0.231 e. The van der Waals surface area contributed by atoms with Gasteiger partial charge in [0.25, 0.3) is 0 Å². The number of ether oxygens (including phenoxy) is 4. The fraction of sp³-hybridized carbons (Fsp3) is 0.150. The average Bonchev–Trinajstić information content (AvgIpc) is 3.11. The third-order valence-electron chi connectivity index (χ3n) is 4.41. The molecular formula is C20H14I2N2O4. The highest BCUT2D eigenvalue weighted by molar-refractivity contribution is 14.1. The van der Waals surface area contributed by atoms with E-state index in [9.17, 15) is 5.26 Å². The Bertz CT molecular complexity index is 1040. The molecule has 0 saturated heterocycles. The molecule has 2 heterocycles. The molecule has 0 aromatic heterocycles. The second-order valence-corrected chi connectivity index (χ2v) is 8.41. The smallest absolute Gasteiger partial charge is 0.231 e. The van der Waals surface area contributed by atoms with Gasteiger partial charge in [-0.25, -0.2) is 0 Å². The molecule has 2 aromatic carbocycles. The molecule has 2 aromatic rings. The Morgan fingerprint density at radius 1 is 1.18 bits per heavy atom. The number of nitriles is 1. The minimum atomic E-state index is -0.376. The molecule has 0 fully saturated rings. The third kappa shape index (κ3) is 3.26. The quantitative estimate of drug-likeness (QED) is 0.414. The lowest BCUT2D eigenvalue weighted by Gasteiger charge is -2.27. The van der Waals surface area contributed by atoms with Gasteiger partial charge in [0.1, 0.15) is 29.7 Å². The van der Waals surface area contributed by atoms with Crippen LogP contribution in [0.1, 0.15) is 17.0 Å². The van der Waals surface area contributed by atoms with Crippen molar-refractivity contribution in [3.8, 4) is 29.1 Å². The van der Waals surface area contributed by atoms with Crippen LogP contribution in [0.2, 0.25) is 0 Å². The molecule has 8 heteroatoms. The van der Waals surface area contributed by atoms with Crippen LogP contribution in [-0.4, -0.2) is 13.4 Å². The van der Waals surface area contributed by atoms with Crippen molar-refractivity contribution in [1.29, 1.82) is 5.26 Å². The fourth-order valence-corrected chi connectivity index (χ4v) is 5.34. The number of hydrogen-bond acceptors (Lipinski definition) is 6. The van der Waals surface area contributed by atoms with E-state index in [-0.39, 0.29) is 18.6 Å². The van der Waals surface area contributed by atoms with Crippen LogP contribution in [0.3, 0.4) is 0 Å². The van der Waals surface area contributed by atoms with Crippen molar-refractivity contribution >= 4 is 45.2 Å². The molecule has 6 nitrogen and oxygen atoms in total. The van der Waals surface area contributed by atoms with Gasteiger partial charge in [0, 0.05) is 11.6 Å². The Hall–Kier alpha value is -2.13. The van der Waals surface area contributed by atoms with Crippen molar-refractivity contribution in [2.45, 2.75) is 5.92 Å². The normalized spacial score (nSPS) is 16.8. The summed E-state index contributed by atoms with van der Waals surface area (Å²) < 4.78 is 24.3. The zero-order valence-corrected chi connectivity index (χ0v) is 18.8. The topological polar surface area (TPSA) is 86.7 Å². The molecule has 2 N–H and O–H groups in total. The summed E-state index contributed by atoms with van der Waals surface area (Å²) in [5.74, 6) is 2.29. The molecule has 0 spiro atoms. The maximum absolute atomic E-state index is 9.76. The van der Waals surface area contributed by atoms with Gasteiger partial charge in [-0.2, -0.15) is 5.26 Å². The van der Waals surface area contributed by atoms with Crippen molar-refractivity contribution in [2.24, 2.45) is 5.73 Å². The van der Waals surface area contributed by atoms with Gasteiger partial charge in [-0.05, 0) is 68.9 Å². The van der Waals surface area contributed by atoms with Crippen LogP contribution in [0.4, 0.5) is 0 Å². The number of allylic oxidation sites excluding steroid dienone is 1. The largest absolute Gasteiger partial charge is 0.487 e. The van der Waals surface area contributed by atoms with E-state index in [1.54, 1.807) is 12.1 Å². The molecule has 0 bridgehead atoms. The summed E-state index contributed by atoms with van der Waals surface area (Å²) in [6.07, 6.45) is 1.70. The van der Waals surface area contributed by atoms with Crippen molar-refractivity contribution in [3.05, 3.63) is 66.6 Å². The molecule has 0 saturated carbocycles. The predicted molar refractivity (Wildman–Crippen MR) is 119 cm³/mol. The summed E-state index contributed by atoms with van der Waals surface area (Å²) in [4.78, 5) is 0. The minimum absolute atomic E-state index is 0.0934. The first-order valence-electron chi connectivity index (χ1n) is 8.27. The molecular weight excluding hydrogens is 586 g/mol. The first-order chi connectivity index (χ1) is 13.5. The zero-order valence-electron chi connectivity index (χ0n) is 14.5. The van der Waals surface area contributed by atoms with Crippen molar-refractivity contribution in [1.82, 2.24) is 0 Å². The Kier molecular flexibility index (Phi) is 5.29. The summed E-state index contributed by atoms with van der Waals surface area (Å²) in [5.41, 5.74) is 8.16. The summed E-state index contributed by atoms with van der Waals surface area (Å²) >= 11 is 4.46. The number of nitrogens with two attached hydrogens (primary N) is 1. The second-order valence-electron chi connectivity index (χ2n) is 6.08. The Balaban J connectivity index is 1.87. The number of halogens is 2. The van der Waals surface area contributed by atoms with Gasteiger partial charge in [-0.1, -0.05) is 12.7 Å². The second kappa shape index (κ2) is 7.71. The highest BCUT2D eigenvalue weighted by Crippen LogP contribution is 2.48. The van der Waals surface area contributed by atoms with Gasteiger partial charge >= 0.3 is 0 Å². The maximum atomic E-state index is 9.76. The zero-order chi connectivity index (χ0) is 19.8. The number of nitrogens with zero attached hydrogens (tertiary/aromatic N) is 1. The lowest BCUT2D eigenvalue weighted by atomic mass is 9.83. The molecule has 0 amide bonds. The van der Waals surface area contributed by atoms with Crippen molar-refractivity contribution in [3.63, 3.8) is 0 Å². The van der Waals surface area contributed by atoms with E-state index in [0.717, 1.165) is 24.0 Å². The SMILES string of the molecule is C=CCOc1c(I)cc([C@@H]2C(C#N)=C(N)Oc3cc4c(cc32)OCO4)cc1I. The number of fused-ring (bicyclic) bond motifs is 2. The van der Waals surface area contributed by atoms with E-state index >= 15 is 0 Å². The van der Waals surface area contributed by atoms with Crippen LogP contribution in [-0.2, 0) is 0 Å². The van der Waals surface area contributed by atoms with Crippen molar-refractivity contribution < 1.29 is 18.9 Å². The van der Waals surface area contributed by atoms with E-state index < -0.39 is 0 Å². The highest BCUT2D eigenvalue weighted by atomic mass is 127. The minimum Gasteiger partial charge on any atom is -0.487 e. The summed E-state index contributed by atoms with van der Waals surface area (Å²) in [5, 5.41) is 9.76. The Labute approximate surface area is 189 Å². The van der Waals surface area contributed by atoms with Gasteiger partial charge in [0.15, 0.2) is 11.5 Å². The van der Waals surface area contributed by atoms with Crippen LogP contribution in [0.25, 0.3) is 0 Å². The molecule has 1 atom stereocenters. The van der Waals surface area contributed by atoms with Gasteiger partial charge < -0.3 is 24.7 Å². The predicted octanol–water partition coefficient (Wildman–Crippen LogP) is 4.41. The molecule has 4 rings (SSSR count). The van der Waals surface area contributed by atoms with Gasteiger partial charge in [-0.3, -0.25) is 0 Å². The van der Waals surface area contributed by atoms with Crippen molar-refractivity contribution in [2.75, 3.05) is 13.4 Å². The van der Waals surface area contributed by atoms with Crippen LogP contribution < -0.4 is 24.7 Å². The molecule has 2 aliphatic rings. The monoisotopic (exact) mass is 600 g/mol. The van der Waals surface area contributed by atoms with E-state index in [1.807, 2.05) is 18.2 Å². The van der Waals surface area contributed by atoms with E-state index in [1.165, 1.54) is 0 Å². The van der Waals surface area contributed by atoms with Crippen LogP contribution in [0, 0.1) is 18.5 Å². The molecule has 2 aliphatic heterocycles. The molecule has 142 valence electrons. The van der Waals surface area contributed by atoms with Crippen LogP contribution in [0.15, 0.2) is 48.4 Å². The summed E-state index contributed by atoms with van der Waals surface area (Å²) in [7, 11) is 0. The van der Waals surface area contributed by atoms with E-state index in [0.29, 0.717) is 29.4 Å². The van der Waals surface area contributed by atoms with Gasteiger partial charge in [0.05, 0.1) is 13.1 Å². The number of rotatable bonds is 4. The number of benzene rings is 2. The Morgan fingerprint density at radius 2 is 1.86 bits per heavy atom. The number of hydrogen-bond donors (Lipinski definition) is 1. The van der Waals surface area contributed by atoms with E-state index in [2.05, 4.69) is 57.8 Å². The highest BCUT2D eigenvalue weighted by Gasteiger charge is 2.34. The third-order valence-corrected chi connectivity index (χ3v) is 6.01. The first-order valence-corrected chi connectivity index (χ1v) is 10.4. The fourth-order valence-electron chi connectivity index (χ4n) is 3.22. The lowest BCUT2D eigenvalue weighted by molar-refractivity contribution is 0.174. The molecule has 28 heavy (non-hydrogen) atoms. The first kappa shape index (κ1) is 19.2.